The average Bonchev–Trinajstić information content (AvgIpc) is 3.30. The number of rotatable bonds is 5. The number of carbonyl (C=O) groups is 1. The molecule has 222 valence electrons. The molecule has 0 spiro atoms. The summed E-state index contributed by atoms with van der Waals surface area (Å²) < 4.78 is 0. The SMILES string of the molecule is C[C@H](CCC(=O)N1CCN(c2ccc(Cl)cc2)CC1)[C@H]1CC[C@H]2[C@@H]3[C@@H](O)C[C@@H]4C[C@H](O)CC[C@]4(C)[C@H]3CC[C@]12C. The van der Waals surface area contributed by atoms with Crippen LogP contribution in [0.25, 0.3) is 0 Å². The number of piperazine rings is 1. The fourth-order valence-corrected chi connectivity index (χ4v) is 10.9. The number of hydrogen-bond acceptors (Lipinski definition) is 4. The highest BCUT2D eigenvalue weighted by Crippen LogP contribution is 2.68. The van der Waals surface area contributed by atoms with Gasteiger partial charge < -0.3 is 20.0 Å². The summed E-state index contributed by atoms with van der Waals surface area (Å²) in [6, 6.07) is 8.00. The lowest BCUT2D eigenvalue weighted by atomic mass is 9.43. The van der Waals surface area contributed by atoms with Crippen molar-refractivity contribution >= 4 is 23.2 Å². The summed E-state index contributed by atoms with van der Waals surface area (Å²) in [4.78, 5) is 17.6. The van der Waals surface area contributed by atoms with E-state index >= 15 is 0 Å². The van der Waals surface area contributed by atoms with E-state index in [-0.39, 0.29) is 23.0 Å². The van der Waals surface area contributed by atoms with E-state index in [0.29, 0.717) is 47.8 Å². The van der Waals surface area contributed by atoms with Gasteiger partial charge in [0.15, 0.2) is 0 Å². The number of halogens is 1. The van der Waals surface area contributed by atoms with Crippen LogP contribution >= 0.6 is 11.6 Å². The number of amides is 1. The highest BCUT2D eigenvalue weighted by molar-refractivity contribution is 6.30. The van der Waals surface area contributed by atoms with E-state index in [4.69, 9.17) is 11.6 Å². The van der Waals surface area contributed by atoms with Crippen molar-refractivity contribution in [3.05, 3.63) is 29.3 Å². The van der Waals surface area contributed by atoms with Crippen LogP contribution in [-0.4, -0.2) is 59.4 Å². The third kappa shape index (κ3) is 5.00. The molecule has 1 aliphatic heterocycles. The van der Waals surface area contributed by atoms with Gasteiger partial charge in [0.05, 0.1) is 12.2 Å². The van der Waals surface area contributed by atoms with E-state index in [9.17, 15) is 15.0 Å². The van der Waals surface area contributed by atoms with Crippen LogP contribution in [-0.2, 0) is 4.79 Å². The van der Waals surface area contributed by atoms with E-state index in [0.717, 1.165) is 63.3 Å². The number of nitrogens with zero attached hydrogens (tertiary/aromatic N) is 2. The minimum Gasteiger partial charge on any atom is -0.393 e. The smallest absolute Gasteiger partial charge is 0.222 e. The second-order valence-electron chi connectivity index (χ2n) is 14.8. The first-order valence-electron chi connectivity index (χ1n) is 16.2. The molecule has 0 aromatic heterocycles. The van der Waals surface area contributed by atoms with Crippen molar-refractivity contribution in [3.63, 3.8) is 0 Å². The maximum Gasteiger partial charge on any atom is 0.222 e. The molecule has 1 aromatic carbocycles. The third-order valence-corrected chi connectivity index (χ3v) is 13.3. The van der Waals surface area contributed by atoms with Gasteiger partial charge in [-0.15, -0.1) is 0 Å². The second-order valence-corrected chi connectivity index (χ2v) is 15.2. The van der Waals surface area contributed by atoms with Gasteiger partial charge in [0.25, 0.3) is 0 Å². The maximum atomic E-state index is 13.2. The fraction of sp³-hybridized carbons (Fsp3) is 0.794. The third-order valence-electron chi connectivity index (χ3n) is 13.1. The van der Waals surface area contributed by atoms with Crippen molar-refractivity contribution in [2.24, 2.45) is 46.3 Å². The Morgan fingerprint density at radius 3 is 2.35 bits per heavy atom. The van der Waals surface area contributed by atoms with Crippen LogP contribution in [0.3, 0.4) is 0 Å². The molecule has 1 aromatic rings. The quantitative estimate of drug-likeness (QED) is 0.430. The Labute approximate surface area is 246 Å². The van der Waals surface area contributed by atoms with Crippen molar-refractivity contribution in [1.29, 1.82) is 0 Å². The van der Waals surface area contributed by atoms with Crippen LogP contribution in [0.1, 0.15) is 85.0 Å². The number of aliphatic hydroxyl groups is 2. The summed E-state index contributed by atoms with van der Waals surface area (Å²) in [7, 11) is 0. The Bertz CT molecular complexity index is 1060. The minimum atomic E-state index is -0.222. The molecule has 0 bridgehead atoms. The number of anilines is 1. The van der Waals surface area contributed by atoms with Crippen LogP contribution in [0, 0.1) is 46.3 Å². The van der Waals surface area contributed by atoms with Crippen LogP contribution in [0.4, 0.5) is 5.69 Å². The largest absolute Gasteiger partial charge is 0.393 e. The number of benzene rings is 1. The Kier molecular flexibility index (Phi) is 7.98. The van der Waals surface area contributed by atoms with Crippen LogP contribution < -0.4 is 4.90 Å². The van der Waals surface area contributed by atoms with Crippen molar-refractivity contribution < 1.29 is 15.0 Å². The van der Waals surface area contributed by atoms with Crippen molar-refractivity contribution in [2.45, 2.75) is 97.2 Å². The van der Waals surface area contributed by atoms with Gasteiger partial charge in [-0.25, -0.2) is 0 Å². The fourth-order valence-electron chi connectivity index (χ4n) is 10.8. The van der Waals surface area contributed by atoms with E-state index in [1.165, 1.54) is 31.4 Å². The summed E-state index contributed by atoms with van der Waals surface area (Å²) in [6.07, 6.45) is 9.97. The molecule has 6 rings (SSSR count). The van der Waals surface area contributed by atoms with Crippen LogP contribution in [0.15, 0.2) is 24.3 Å². The highest BCUT2D eigenvalue weighted by atomic mass is 35.5. The zero-order valence-electron chi connectivity index (χ0n) is 24.9. The summed E-state index contributed by atoms with van der Waals surface area (Å²) in [5.41, 5.74) is 1.72. The number of fused-ring (bicyclic) bond motifs is 5. The zero-order valence-corrected chi connectivity index (χ0v) is 25.7. The molecule has 10 atom stereocenters. The second kappa shape index (κ2) is 11.1. The molecule has 0 unspecified atom stereocenters. The van der Waals surface area contributed by atoms with Crippen LogP contribution in [0.5, 0.6) is 0 Å². The van der Waals surface area contributed by atoms with Gasteiger partial charge in [-0.3, -0.25) is 4.79 Å². The van der Waals surface area contributed by atoms with E-state index < -0.39 is 0 Å². The number of aliphatic hydroxyl groups excluding tert-OH is 2. The van der Waals surface area contributed by atoms with Gasteiger partial charge in [-0.1, -0.05) is 32.4 Å². The minimum absolute atomic E-state index is 0.178. The van der Waals surface area contributed by atoms with E-state index in [1.807, 2.05) is 12.1 Å². The molecule has 5 fully saturated rings. The van der Waals surface area contributed by atoms with Gasteiger partial charge >= 0.3 is 0 Å². The average molecular weight is 571 g/mol. The molecular formula is C34H51ClN2O3. The zero-order chi connectivity index (χ0) is 28.2. The molecule has 40 heavy (non-hydrogen) atoms. The Hall–Kier alpha value is -1.30. The standard InChI is InChI=1S/C34H51ClN2O3/c1-22(4-11-31(40)37-18-16-36(17-19-37)25-7-5-24(35)6-8-25)27-9-10-28-32-29(13-15-34(27,28)3)33(2)14-12-26(38)20-23(33)21-30(32)39/h5-8,22-23,26-30,32,38-39H,4,9-21H2,1-3H3/t22-,23+,26-,27-,28+,29+,30+,32+,33+,34-/m1/s1. The predicted molar refractivity (Wildman–Crippen MR) is 161 cm³/mol. The lowest BCUT2D eigenvalue weighted by Gasteiger charge is -2.62. The summed E-state index contributed by atoms with van der Waals surface area (Å²) in [5, 5.41) is 22.6. The molecule has 1 amide bonds. The molecule has 4 aliphatic carbocycles. The molecule has 4 saturated carbocycles. The first kappa shape index (κ1) is 28.8. The van der Waals surface area contributed by atoms with Crippen molar-refractivity contribution in [1.82, 2.24) is 4.90 Å². The molecule has 6 heteroatoms. The van der Waals surface area contributed by atoms with Gasteiger partial charge in [-0.2, -0.15) is 0 Å². The first-order chi connectivity index (χ1) is 19.1. The molecule has 2 N–H and O–H groups in total. The predicted octanol–water partition coefficient (Wildman–Crippen LogP) is 6.40. The summed E-state index contributed by atoms with van der Waals surface area (Å²) in [6.45, 7) is 10.7. The summed E-state index contributed by atoms with van der Waals surface area (Å²) in [5.74, 6) is 3.54. The van der Waals surface area contributed by atoms with Gasteiger partial charge in [0.2, 0.25) is 5.91 Å². The van der Waals surface area contributed by atoms with Crippen LogP contribution in [0.2, 0.25) is 5.02 Å². The summed E-state index contributed by atoms with van der Waals surface area (Å²) >= 11 is 6.05. The van der Waals surface area contributed by atoms with E-state index in [1.54, 1.807) is 0 Å². The Balaban J connectivity index is 1.04. The maximum absolute atomic E-state index is 13.2. The van der Waals surface area contributed by atoms with Gasteiger partial charge in [0.1, 0.15) is 0 Å². The molecule has 5 aliphatic rings. The lowest BCUT2D eigenvalue weighted by molar-refractivity contribution is -0.174. The first-order valence-corrected chi connectivity index (χ1v) is 16.6. The monoisotopic (exact) mass is 570 g/mol. The van der Waals surface area contributed by atoms with E-state index in [2.05, 4.69) is 42.7 Å². The number of carbonyl (C=O) groups excluding carboxylic acids is 1. The number of hydrogen-bond donors (Lipinski definition) is 2. The topological polar surface area (TPSA) is 64.0 Å². The molecule has 5 nitrogen and oxygen atoms in total. The Morgan fingerprint density at radius 1 is 0.950 bits per heavy atom. The molecule has 1 heterocycles. The molecule has 1 saturated heterocycles. The van der Waals surface area contributed by atoms with Gasteiger partial charge in [-0.05, 0) is 128 Å². The highest BCUT2D eigenvalue weighted by Gasteiger charge is 2.62. The van der Waals surface area contributed by atoms with Crippen molar-refractivity contribution in [2.75, 3.05) is 31.1 Å². The lowest BCUT2D eigenvalue weighted by Crippen LogP contribution is -2.58. The Morgan fingerprint density at radius 2 is 1.62 bits per heavy atom. The molecule has 0 radical (unpaired) electrons. The normalized spacial score (nSPS) is 42.1. The van der Waals surface area contributed by atoms with Gasteiger partial charge in [0, 0.05) is 43.3 Å². The molecular weight excluding hydrogens is 520 g/mol. The van der Waals surface area contributed by atoms with Crippen molar-refractivity contribution in [3.8, 4) is 0 Å².